The van der Waals surface area contributed by atoms with Gasteiger partial charge in [-0.3, -0.25) is 10.3 Å². The van der Waals surface area contributed by atoms with Gasteiger partial charge in [-0.15, -0.1) is 0 Å². The maximum absolute atomic E-state index is 13.7. The van der Waals surface area contributed by atoms with Crippen LogP contribution in [0.4, 0.5) is 20.7 Å². The highest BCUT2D eigenvalue weighted by atomic mass is 19.1. The van der Waals surface area contributed by atoms with Crippen LogP contribution >= 0.6 is 0 Å². The first kappa shape index (κ1) is 19.0. The van der Waals surface area contributed by atoms with E-state index in [0.717, 1.165) is 31.6 Å². The molecule has 1 fully saturated rings. The molecule has 1 aromatic carbocycles. The Balaban J connectivity index is 1.62. The van der Waals surface area contributed by atoms with Gasteiger partial charge in [0.05, 0.1) is 30.4 Å². The second kappa shape index (κ2) is 8.77. The second-order valence-corrected chi connectivity index (χ2v) is 6.84. The number of anilines is 2. The van der Waals surface area contributed by atoms with Crippen molar-refractivity contribution >= 4 is 17.5 Å². The van der Waals surface area contributed by atoms with Crippen molar-refractivity contribution in [3.05, 3.63) is 42.1 Å². The molecule has 27 heavy (non-hydrogen) atoms. The minimum Gasteiger partial charge on any atom is -0.491 e. The van der Waals surface area contributed by atoms with Crippen LogP contribution in [0.5, 0.6) is 5.75 Å². The van der Waals surface area contributed by atoms with Crippen LogP contribution in [0.15, 0.2) is 30.6 Å². The van der Waals surface area contributed by atoms with Gasteiger partial charge < -0.3 is 15.0 Å². The summed E-state index contributed by atoms with van der Waals surface area (Å²) in [5.41, 5.74) is 1.02. The highest BCUT2D eigenvalue weighted by Gasteiger charge is 2.19. The summed E-state index contributed by atoms with van der Waals surface area (Å²) in [6.07, 6.45) is 5.24. The summed E-state index contributed by atoms with van der Waals surface area (Å²) in [5, 5.41) is 5.18. The standard InChI is InChI=1S/C19H24FN5O2/c1-13-9-22-18(10-21-13)24-19(26)23-16-8-15(20)5-6-17(16)27-12-14-4-3-7-25(2)11-14/h5-6,8-10,14H,3-4,7,11-12H2,1-2H3,(H2,22,23,24,26). The molecule has 2 heterocycles. The molecule has 1 saturated heterocycles. The van der Waals surface area contributed by atoms with E-state index >= 15 is 0 Å². The fourth-order valence-corrected chi connectivity index (χ4v) is 3.07. The number of nitrogens with zero attached hydrogens (tertiary/aromatic N) is 3. The van der Waals surface area contributed by atoms with E-state index in [0.29, 0.717) is 24.1 Å². The number of benzene rings is 1. The highest BCUT2D eigenvalue weighted by Crippen LogP contribution is 2.27. The first-order chi connectivity index (χ1) is 13.0. The first-order valence-corrected chi connectivity index (χ1v) is 8.97. The molecule has 1 unspecified atom stereocenters. The molecule has 2 aromatic rings. The number of aromatic nitrogens is 2. The molecule has 1 aliphatic heterocycles. The quantitative estimate of drug-likeness (QED) is 0.841. The van der Waals surface area contributed by atoms with E-state index in [9.17, 15) is 9.18 Å². The van der Waals surface area contributed by atoms with Crippen molar-refractivity contribution in [3.63, 3.8) is 0 Å². The van der Waals surface area contributed by atoms with Crippen LogP contribution in [-0.4, -0.2) is 47.6 Å². The Morgan fingerprint density at radius 2 is 2.19 bits per heavy atom. The largest absolute Gasteiger partial charge is 0.491 e. The Bertz CT molecular complexity index is 784. The van der Waals surface area contributed by atoms with Crippen LogP contribution in [-0.2, 0) is 0 Å². The maximum atomic E-state index is 13.7. The van der Waals surface area contributed by atoms with Gasteiger partial charge in [0, 0.05) is 18.5 Å². The van der Waals surface area contributed by atoms with Gasteiger partial charge in [-0.25, -0.2) is 14.2 Å². The summed E-state index contributed by atoms with van der Waals surface area (Å²) in [7, 11) is 2.09. The van der Waals surface area contributed by atoms with Crippen molar-refractivity contribution < 1.29 is 13.9 Å². The van der Waals surface area contributed by atoms with E-state index in [-0.39, 0.29) is 5.69 Å². The Morgan fingerprint density at radius 3 is 2.93 bits per heavy atom. The lowest BCUT2D eigenvalue weighted by molar-refractivity contribution is 0.151. The number of ether oxygens (including phenoxy) is 1. The fourth-order valence-electron chi connectivity index (χ4n) is 3.07. The number of aryl methyl sites for hydroxylation is 1. The number of amides is 2. The monoisotopic (exact) mass is 373 g/mol. The van der Waals surface area contributed by atoms with Gasteiger partial charge in [-0.05, 0) is 45.5 Å². The highest BCUT2D eigenvalue weighted by molar-refractivity contribution is 6.00. The van der Waals surface area contributed by atoms with Crippen molar-refractivity contribution in [3.8, 4) is 5.75 Å². The molecule has 1 aromatic heterocycles. The molecule has 2 amide bonds. The molecular formula is C19H24FN5O2. The number of urea groups is 1. The van der Waals surface area contributed by atoms with Crippen LogP contribution in [0.3, 0.4) is 0 Å². The van der Waals surface area contributed by atoms with Crippen LogP contribution in [0.2, 0.25) is 0 Å². The molecule has 8 heteroatoms. The summed E-state index contributed by atoms with van der Waals surface area (Å²) in [6, 6.07) is 3.55. The lowest BCUT2D eigenvalue weighted by atomic mass is 9.99. The Kier molecular flexibility index (Phi) is 6.18. The Hall–Kier alpha value is -2.74. The number of piperidine rings is 1. The lowest BCUT2D eigenvalue weighted by Gasteiger charge is -2.29. The zero-order chi connectivity index (χ0) is 19.2. The molecule has 0 bridgehead atoms. The summed E-state index contributed by atoms with van der Waals surface area (Å²) >= 11 is 0. The number of likely N-dealkylation sites (tertiary alicyclic amines) is 1. The van der Waals surface area contributed by atoms with E-state index < -0.39 is 11.8 Å². The van der Waals surface area contributed by atoms with Crippen molar-refractivity contribution in [2.75, 3.05) is 37.4 Å². The van der Waals surface area contributed by atoms with Crippen molar-refractivity contribution in [1.29, 1.82) is 0 Å². The average Bonchev–Trinajstić information content (AvgIpc) is 2.63. The third kappa shape index (κ3) is 5.62. The fraction of sp³-hybridized carbons (Fsp3) is 0.421. The van der Waals surface area contributed by atoms with Crippen LogP contribution in [0, 0.1) is 18.7 Å². The van der Waals surface area contributed by atoms with E-state index in [1.807, 2.05) is 0 Å². The van der Waals surface area contributed by atoms with Gasteiger partial charge in [0.2, 0.25) is 0 Å². The number of halogens is 1. The number of hydrogen-bond donors (Lipinski definition) is 2. The van der Waals surface area contributed by atoms with Crippen molar-refractivity contribution in [2.45, 2.75) is 19.8 Å². The SMILES string of the molecule is Cc1cnc(NC(=O)Nc2cc(F)ccc2OCC2CCCN(C)C2)cn1. The topological polar surface area (TPSA) is 79.4 Å². The minimum atomic E-state index is -0.541. The number of carbonyl (C=O) groups excluding carboxylic acids is 1. The first-order valence-electron chi connectivity index (χ1n) is 8.97. The van der Waals surface area contributed by atoms with Gasteiger partial charge >= 0.3 is 6.03 Å². The molecule has 144 valence electrons. The third-order valence-electron chi connectivity index (χ3n) is 4.41. The molecule has 0 aliphatic carbocycles. The predicted octanol–water partition coefficient (Wildman–Crippen LogP) is 3.29. The normalized spacial score (nSPS) is 17.4. The number of nitrogens with one attached hydrogen (secondary N) is 2. The van der Waals surface area contributed by atoms with Gasteiger partial charge in [0.1, 0.15) is 11.6 Å². The minimum absolute atomic E-state index is 0.275. The molecule has 1 aliphatic rings. The zero-order valence-electron chi connectivity index (χ0n) is 15.5. The third-order valence-corrected chi connectivity index (χ3v) is 4.41. The summed E-state index contributed by atoms with van der Waals surface area (Å²) in [5.74, 6) is 0.709. The van der Waals surface area contributed by atoms with E-state index in [4.69, 9.17) is 4.74 Å². The Labute approximate surface area is 158 Å². The molecule has 3 rings (SSSR count). The van der Waals surface area contributed by atoms with E-state index in [1.165, 1.54) is 24.4 Å². The number of hydrogen-bond acceptors (Lipinski definition) is 5. The van der Waals surface area contributed by atoms with Gasteiger partial charge in [-0.2, -0.15) is 0 Å². The predicted molar refractivity (Wildman–Crippen MR) is 102 cm³/mol. The lowest BCUT2D eigenvalue weighted by Crippen LogP contribution is -2.34. The van der Waals surface area contributed by atoms with Crippen LogP contribution in [0.25, 0.3) is 0 Å². The van der Waals surface area contributed by atoms with Gasteiger partial charge in [-0.1, -0.05) is 0 Å². The number of carbonyl (C=O) groups is 1. The summed E-state index contributed by atoms with van der Waals surface area (Å²) in [4.78, 5) is 22.6. The second-order valence-electron chi connectivity index (χ2n) is 6.84. The Morgan fingerprint density at radius 1 is 1.33 bits per heavy atom. The summed E-state index contributed by atoms with van der Waals surface area (Å²) < 4.78 is 19.5. The molecule has 0 saturated carbocycles. The van der Waals surface area contributed by atoms with Crippen molar-refractivity contribution in [2.24, 2.45) is 5.92 Å². The van der Waals surface area contributed by atoms with E-state index in [1.54, 1.807) is 13.1 Å². The van der Waals surface area contributed by atoms with Crippen molar-refractivity contribution in [1.82, 2.24) is 14.9 Å². The van der Waals surface area contributed by atoms with Crippen LogP contribution < -0.4 is 15.4 Å². The average molecular weight is 373 g/mol. The molecule has 1 atom stereocenters. The molecule has 7 nitrogen and oxygen atoms in total. The van der Waals surface area contributed by atoms with Crippen LogP contribution in [0.1, 0.15) is 18.5 Å². The summed E-state index contributed by atoms with van der Waals surface area (Å²) in [6.45, 7) is 4.39. The number of rotatable bonds is 5. The smallest absolute Gasteiger partial charge is 0.325 e. The van der Waals surface area contributed by atoms with Gasteiger partial charge in [0.25, 0.3) is 0 Å². The van der Waals surface area contributed by atoms with Gasteiger partial charge in [0.15, 0.2) is 5.82 Å². The molecule has 0 radical (unpaired) electrons. The molecule has 2 N–H and O–H groups in total. The zero-order valence-corrected chi connectivity index (χ0v) is 15.5. The molecular weight excluding hydrogens is 349 g/mol. The van der Waals surface area contributed by atoms with E-state index in [2.05, 4.69) is 32.5 Å². The molecule has 0 spiro atoms. The maximum Gasteiger partial charge on any atom is 0.325 e.